The number of carbonyl (C=O) groups excluding carboxylic acids is 1. The molecule has 2 aliphatic heterocycles. The number of imidazole rings is 1. The Labute approximate surface area is 210 Å². The van der Waals surface area contributed by atoms with E-state index in [-0.39, 0.29) is 0 Å². The minimum atomic E-state index is 0.294. The molecule has 180 valence electrons. The fourth-order valence-corrected chi connectivity index (χ4v) is 5.61. The van der Waals surface area contributed by atoms with Gasteiger partial charge >= 0.3 is 0 Å². The van der Waals surface area contributed by atoms with E-state index >= 15 is 0 Å². The molecule has 1 saturated heterocycles. The minimum Gasteiger partial charge on any atom is -0.342 e. The number of hydrogen-bond donors (Lipinski definition) is 0. The second kappa shape index (κ2) is 8.40. The molecule has 0 bridgehead atoms. The number of aryl methyl sites for hydroxylation is 1. The van der Waals surface area contributed by atoms with Crippen molar-refractivity contribution >= 4 is 23.2 Å². The summed E-state index contributed by atoms with van der Waals surface area (Å²) in [6, 6.07) is 19.3. The van der Waals surface area contributed by atoms with Gasteiger partial charge in [-0.05, 0) is 61.9 Å². The van der Waals surface area contributed by atoms with Crippen LogP contribution in [0.3, 0.4) is 0 Å². The van der Waals surface area contributed by atoms with Crippen LogP contribution in [0.25, 0.3) is 33.7 Å². The molecule has 1 saturated carbocycles. The molecule has 6 heteroatoms. The lowest BCUT2D eigenvalue weighted by Gasteiger charge is -2.18. The summed E-state index contributed by atoms with van der Waals surface area (Å²) in [7, 11) is 0. The lowest BCUT2D eigenvalue weighted by atomic mass is 10.1. The van der Waals surface area contributed by atoms with Crippen molar-refractivity contribution < 1.29 is 4.79 Å². The van der Waals surface area contributed by atoms with E-state index in [2.05, 4.69) is 76.0 Å². The Kier molecular flexibility index (Phi) is 5.01. The highest BCUT2D eigenvalue weighted by Crippen LogP contribution is 2.34. The normalized spacial score (nSPS) is 18.8. The van der Waals surface area contributed by atoms with Gasteiger partial charge in [0.05, 0.1) is 29.0 Å². The maximum atomic E-state index is 12.6. The number of amides is 1. The van der Waals surface area contributed by atoms with Gasteiger partial charge in [-0.2, -0.15) is 0 Å². The molecule has 0 spiro atoms. The third-order valence-corrected chi connectivity index (χ3v) is 7.79. The predicted octanol–water partition coefficient (Wildman–Crippen LogP) is 5.26. The Morgan fingerprint density at radius 2 is 1.81 bits per heavy atom. The summed E-state index contributed by atoms with van der Waals surface area (Å²) in [5, 5.41) is 0. The SMILES string of the molecule is Cc1ccc2c(c1)nc(-c1ccc(-c3ccc4c(n3)CN=C4)cc1)n2C[C@@H]1CCN(C(=O)C2CC2)C1. The molecule has 36 heavy (non-hydrogen) atoms. The van der Waals surface area contributed by atoms with E-state index in [4.69, 9.17) is 9.97 Å². The van der Waals surface area contributed by atoms with Gasteiger partial charge in [-0.1, -0.05) is 30.3 Å². The first-order chi connectivity index (χ1) is 17.6. The number of aliphatic imine (C=N–C) groups is 1. The van der Waals surface area contributed by atoms with Crippen molar-refractivity contribution in [2.75, 3.05) is 13.1 Å². The highest BCUT2D eigenvalue weighted by atomic mass is 16.2. The molecule has 0 N–H and O–H groups in total. The smallest absolute Gasteiger partial charge is 0.225 e. The second-order valence-electron chi connectivity index (χ2n) is 10.5. The van der Waals surface area contributed by atoms with E-state index in [1.165, 1.54) is 5.56 Å². The van der Waals surface area contributed by atoms with Crippen molar-refractivity contribution in [1.29, 1.82) is 0 Å². The average molecular weight is 476 g/mol. The van der Waals surface area contributed by atoms with Crippen LogP contribution in [0.4, 0.5) is 0 Å². The van der Waals surface area contributed by atoms with Crippen molar-refractivity contribution in [3.8, 4) is 22.6 Å². The molecule has 6 nitrogen and oxygen atoms in total. The van der Waals surface area contributed by atoms with Crippen LogP contribution >= 0.6 is 0 Å². The zero-order valence-corrected chi connectivity index (χ0v) is 20.5. The Bertz CT molecular complexity index is 1510. The van der Waals surface area contributed by atoms with Crippen LogP contribution in [-0.2, 0) is 17.9 Å². The molecule has 1 amide bonds. The number of pyridine rings is 1. The largest absolute Gasteiger partial charge is 0.342 e. The van der Waals surface area contributed by atoms with E-state index < -0.39 is 0 Å². The van der Waals surface area contributed by atoms with Gasteiger partial charge in [-0.3, -0.25) is 14.8 Å². The Balaban J connectivity index is 1.20. The van der Waals surface area contributed by atoms with Crippen molar-refractivity contribution in [2.45, 2.75) is 39.3 Å². The maximum absolute atomic E-state index is 12.6. The minimum absolute atomic E-state index is 0.294. The Morgan fingerprint density at radius 1 is 0.972 bits per heavy atom. The molecule has 2 aromatic heterocycles. The van der Waals surface area contributed by atoms with Crippen LogP contribution in [-0.4, -0.2) is 44.6 Å². The van der Waals surface area contributed by atoms with Gasteiger partial charge in [-0.25, -0.2) is 4.98 Å². The number of hydrogen-bond acceptors (Lipinski definition) is 4. The molecule has 0 unspecified atom stereocenters. The lowest BCUT2D eigenvalue weighted by molar-refractivity contribution is -0.131. The van der Waals surface area contributed by atoms with Crippen molar-refractivity contribution in [3.05, 3.63) is 71.4 Å². The quantitative estimate of drug-likeness (QED) is 0.395. The molecular formula is C30H29N5O. The Hall–Kier alpha value is -3.80. The van der Waals surface area contributed by atoms with Gasteiger partial charge < -0.3 is 9.47 Å². The van der Waals surface area contributed by atoms with Gasteiger partial charge in [0.25, 0.3) is 0 Å². The molecule has 2 fully saturated rings. The summed E-state index contributed by atoms with van der Waals surface area (Å²) in [5.74, 6) is 2.10. The summed E-state index contributed by atoms with van der Waals surface area (Å²) < 4.78 is 2.37. The fourth-order valence-electron chi connectivity index (χ4n) is 5.61. The number of likely N-dealkylation sites (tertiary alicyclic amines) is 1. The van der Waals surface area contributed by atoms with Gasteiger partial charge in [0, 0.05) is 48.5 Å². The maximum Gasteiger partial charge on any atom is 0.225 e. The van der Waals surface area contributed by atoms with Crippen LogP contribution in [0, 0.1) is 18.8 Å². The molecule has 4 heterocycles. The van der Waals surface area contributed by atoms with Gasteiger partial charge in [0.2, 0.25) is 5.91 Å². The molecular weight excluding hydrogens is 446 g/mol. The molecule has 1 aliphatic carbocycles. The Morgan fingerprint density at radius 3 is 2.64 bits per heavy atom. The predicted molar refractivity (Wildman–Crippen MR) is 142 cm³/mol. The third kappa shape index (κ3) is 3.81. The summed E-state index contributed by atoms with van der Waals surface area (Å²) in [6.45, 7) is 5.38. The summed E-state index contributed by atoms with van der Waals surface area (Å²) in [4.78, 5) is 28.9. The summed E-state index contributed by atoms with van der Waals surface area (Å²) >= 11 is 0. The average Bonchev–Trinajstić information content (AvgIpc) is 3.30. The number of fused-ring (bicyclic) bond motifs is 2. The van der Waals surface area contributed by atoms with E-state index in [0.717, 1.165) is 83.8 Å². The molecule has 4 aromatic rings. The third-order valence-electron chi connectivity index (χ3n) is 7.79. The molecule has 2 aromatic carbocycles. The summed E-state index contributed by atoms with van der Waals surface area (Å²) in [5.41, 5.74) is 8.72. The number of rotatable bonds is 5. The molecule has 1 atom stereocenters. The van der Waals surface area contributed by atoms with Crippen LogP contribution in [0.1, 0.15) is 36.1 Å². The van der Waals surface area contributed by atoms with Crippen LogP contribution < -0.4 is 0 Å². The first kappa shape index (κ1) is 21.5. The summed E-state index contributed by atoms with van der Waals surface area (Å²) in [6.07, 6.45) is 5.09. The van der Waals surface area contributed by atoms with E-state index in [1.807, 2.05) is 6.21 Å². The standard InChI is InChI=1S/C30H29N5O/c1-19-2-11-28-26(14-19)33-29(35(28)18-20-12-13-34(17-20)30(36)23-7-8-23)22-5-3-21(4-6-22)25-10-9-24-15-31-16-27(24)32-25/h2-6,9-11,14-15,20,23H,7-8,12-13,16-18H2,1H3/t20-/m1/s1. The first-order valence-corrected chi connectivity index (χ1v) is 13.0. The van der Waals surface area contributed by atoms with Crippen LogP contribution in [0.5, 0.6) is 0 Å². The van der Waals surface area contributed by atoms with E-state index in [0.29, 0.717) is 24.3 Å². The van der Waals surface area contributed by atoms with Crippen molar-refractivity contribution in [1.82, 2.24) is 19.4 Å². The highest BCUT2D eigenvalue weighted by Gasteiger charge is 2.36. The van der Waals surface area contributed by atoms with Gasteiger partial charge in [0.1, 0.15) is 5.82 Å². The van der Waals surface area contributed by atoms with Gasteiger partial charge in [0.15, 0.2) is 0 Å². The van der Waals surface area contributed by atoms with Crippen molar-refractivity contribution in [2.24, 2.45) is 16.8 Å². The number of aromatic nitrogens is 3. The van der Waals surface area contributed by atoms with Crippen LogP contribution in [0.2, 0.25) is 0 Å². The lowest BCUT2D eigenvalue weighted by Crippen LogP contribution is -2.30. The van der Waals surface area contributed by atoms with E-state index in [1.54, 1.807) is 0 Å². The number of nitrogens with zero attached hydrogens (tertiary/aromatic N) is 5. The number of benzene rings is 2. The molecule has 7 rings (SSSR count). The zero-order valence-electron chi connectivity index (χ0n) is 20.5. The zero-order chi connectivity index (χ0) is 24.2. The molecule has 0 radical (unpaired) electrons. The highest BCUT2D eigenvalue weighted by molar-refractivity contribution is 5.85. The topological polar surface area (TPSA) is 63.4 Å². The second-order valence-corrected chi connectivity index (χ2v) is 10.5. The van der Waals surface area contributed by atoms with Crippen LogP contribution in [0.15, 0.2) is 59.6 Å². The van der Waals surface area contributed by atoms with Crippen molar-refractivity contribution in [3.63, 3.8) is 0 Å². The molecule has 3 aliphatic rings. The van der Waals surface area contributed by atoms with Gasteiger partial charge in [-0.15, -0.1) is 0 Å². The monoisotopic (exact) mass is 475 g/mol. The fraction of sp³-hybridized carbons (Fsp3) is 0.333. The number of carbonyl (C=O) groups is 1. The first-order valence-electron chi connectivity index (χ1n) is 13.0. The van der Waals surface area contributed by atoms with E-state index in [9.17, 15) is 4.79 Å².